The lowest BCUT2D eigenvalue weighted by atomic mass is 9.73. The van der Waals surface area contributed by atoms with Crippen LogP contribution in [0.15, 0.2) is 16.9 Å². The molecule has 6 nitrogen and oxygen atoms in total. The summed E-state index contributed by atoms with van der Waals surface area (Å²) in [7, 11) is 0. The van der Waals surface area contributed by atoms with Crippen molar-refractivity contribution in [3.05, 3.63) is 33.7 Å². The number of piperidine rings is 2. The number of nitrogens with one attached hydrogen (secondary N) is 1. The number of hydrogen-bond donors (Lipinski definition) is 1. The van der Waals surface area contributed by atoms with Crippen LogP contribution in [-0.4, -0.2) is 52.3 Å². The minimum Gasteiger partial charge on any atom is -0.339 e. The molecule has 2 amide bonds. The number of carbonyl (C=O) groups is 2. The third-order valence-corrected chi connectivity index (χ3v) is 6.42. The van der Waals surface area contributed by atoms with Crippen molar-refractivity contribution in [3.63, 3.8) is 0 Å². The summed E-state index contributed by atoms with van der Waals surface area (Å²) < 4.78 is 0. The quantitative estimate of drug-likeness (QED) is 0.887. The van der Waals surface area contributed by atoms with Gasteiger partial charge in [-0.1, -0.05) is 13.8 Å². The third kappa shape index (κ3) is 3.54. The highest BCUT2D eigenvalue weighted by Gasteiger charge is 2.46. The van der Waals surface area contributed by atoms with Gasteiger partial charge in [0.15, 0.2) is 0 Å². The van der Waals surface area contributed by atoms with Gasteiger partial charge in [-0.05, 0) is 50.2 Å². The Morgan fingerprint density at radius 2 is 1.96 bits per heavy atom. The Kier molecular flexibility index (Phi) is 4.60. The standard InChI is InChI=1S/C21H29N3O3/c1-14(2)17-7-6-16(19(26)22-17)20(27)23-11-3-9-21(12-23)10-8-18(25)24(13-21)15-4-5-15/h6-7,14-15H,3-5,8-13H2,1-2H3,(H,22,26)/t21-/m1/s1. The number of pyridine rings is 1. The molecule has 3 heterocycles. The lowest BCUT2D eigenvalue weighted by Gasteiger charge is -2.48. The first kappa shape index (κ1) is 18.3. The van der Waals surface area contributed by atoms with Crippen LogP contribution in [0.4, 0.5) is 0 Å². The zero-order valence-electron chi connectivity index (χ0n) is 16.3. The van der Waals surface area contributed by atoms with Gasteiger partial charge in [0.2, 0.25) is 5.91 Å². The van der Waals surface area contributed by atoms with Gasteiger partial charge >= 0.3 is 0 Å². The van der Waals surface area contributed by atoms with Gasteiger partial charge < -0.3 is 14.8 Å². The molecule has 0 unspecified atom stereocenters. The van der Waals surface area contributed by atoms with E-state index in [9.17, 15) is 14.4 Å². The zero-order chi connectivity index (χ0) is 19.2. The normalized spacial score (nSPS) is 26.1. The molecule has 1 saturated carbocycles. The van der Waals surface area contributed by atoms with E-state index >= 15 is 0 Å². The van der Waals surface area contributed by atoms with E-state index in [4.69, 9.17) is 0 Å². The molecule has 1 atom stereocenters. The number of hydrogen-bond acceptors (Lipinski definition) is 3. The molecule has 6 heteroatoms. The largest absolute Gasteiger partial charge is 0.339 e. The highest BCUT2D eigenvalue weighted by molar-refractivity contribution is 5.94. The van der Waals surface area contributed by atoms with E-state index in [1.165, 1.54) is 0 Å². The zero-order valence-corrected chi connectivity index (χ0v) is 16.3. The summed E-state index contributed by atoms with van der Waals surface area (Å²) in [6, 6.07) is 3.93. The fourth-order valence-corrected chi connectivity index (χ4v) is 4.64. The SMILES string of the molecule is CC(C)c1ccc(C(=O)N2CCC[C@@]3(CCC(=O)N(C4CC4)C3)C2)c(=O)[nH]1. The number of likely N-dealkylation sites (tertiary alicyclic amines) is 2. The smallest absolute Gasteiger partial charge is 0.261 e. The van der Waals surface area contributed by atoms with Crippen LogP contribution in [0.3, 0.4) is 0 Å². The molecule has 2 saturated heterocycles. The van der Waals surface area contributed by atoms with Crippen LogP contribution in [0.5, 0.6) is 0 Å². The summed E-state index contributed by atoms with van der Waals surface area (Å²) in [6.07, 6.45) is 5.64. The molecule has 3 aliphatic rings. The van der Waals surface area contributed by atoms with Crippen molar-refractivity contribution in [2.75, 3.05) is 19.6 Å². The van der Waals surface area contributed by atoms with Crippen LogP contribution in [0, 0.1) is 5.41 Å². The number of aromatic nitrogens is 1. The second-order valence-corrected chi connectivity index (χ2v) is 8.89. The van der Waals surface area contributed by atoms with Crippen molar-refractivity contribution in [2.45, 2.75) is 64.3 Å². The second kappa shape index (κ2) is 6.80. The summed E-state index contributed by atoms with van der Waals surface area (Å²) in [4.78, 5) is 44.5. The van der Waals surface area contributed by atoms with Gasteiger partial charge in [0, 0.05) is 43.2 Å². The summed E-state index contributed by atoms with van der Waals surface area (Å²) in [6.45, 7) is 6.12. The van der Waals surface area contributed by atoms with E-state index in [0.29, 0.717) is 25.6 Å². The summed E-state index contributed by atoms with van der Waals surface area (Å²) in [5.74, 6) is 0.307. The van der Waals surface area contributed by atoms with E-state index in [2.05, 4.69) is 9.88 Å². The van der Waals surface area contributed by atoms with Gasteiger partial charge in [0.1, 0.15) is 5.56 Å². The summed E-state index contributed by atoms with van der Waals surface area (Å²) in [5.41, 5.74) is 0.763. The van der Waals surface area contributed by atoms with Crippen LogP contribution < -0.4 is 5.56 Å². The molecular weight excluding hydrogens is 342 g/mol. The number of aromatic amines is 1. The number of carbonyl (C=O) groups excluding carboxylic acids is 2. The Morgan fingerprint density at radius 3 is 2.63 bits per heavy atom. The van der Waals surface area contributed by atoms with Crippen LogP contribution in [0.25, 0.3) is 0 Å². The fourth-order valence-electron chi connectivity index (χ4n) is 4.64. The predicted octanol–water partition coefficient (Wildman–Crippen LogP) is 2.51. The molecule has 1 aliphatic carbocycles. The highest BCUT2D eigenvalue weighted by Crippen LogP contribution is 2.42. The maximum atomic E-state index is 13.0. The Morgan fingerprint density at radius 1 is 1.19 bits per heavy atom. The monoisotopic (exact) mass is 371 g/mol. The van der Waals surface area contributed by atoms with E-state index in [1.54, 1.807) is 6.07 Å². The number of rotatable bonds is 3. The van der Waals surface area contributed by atoms with Crippen molar-refractivity contribution in [1.82, 2.24) is 14.8 Å². The van der Waals surface area contributed by atoms with E-state index in [1.807, 2.05) is 24.8 Å². The minimum absolute atomic E-state index is 0.00492. The Hall–Kier alpha value is -2.11. The molecule has 0 radical (unpaired) electrons. The number of amides is 2. The highest BCUT2D eigenvalue weighted by atomic mass is 16.2. The fraction of sp³-hybridized carbons (Fsp3) is 0.667. The first-order valence-electron chi connectivity index (χ1n) is 10.2. The first-order valence-corrected chi connectivity index (χ1v) is 10.2. The molecule has 146 valence electrons. The predicted molar refractivity (Wildman–Crippen MR) is 103 cm³/mol. The average molecular weight is 371 g/mol. The van der Waals surface area contributed by atoms with Crippen LogP contribution in [-0.2, 0) is 4.79 Å². The van der Waals surface area contributed by atoms with E-state index in [0.717, 1.165) is 44.3 Å². The lowest BCUT2D eigenvalue weighted by Crippen LogP contribution is -2.55. The summed E-state index contributed by atoms with van der Waals surface area (Å²) in [5, 5.41) is 0. The molecule has 3 fully saturated rings. The Balaban J connectivity index is 1.52. The van der Waals surface area contributed by atoms with Gasteiger partial charge in [-0.25, -0.2) is 0 Å². The van der Waals surface area contributed by atoms with Crippen molar-refractivity contribution in [3.8, 4) is 0 Å². The topological polar surface area (TPSA) is 73.5 Å². The Labute approximate surface area is 159 Å². The molecule has 0 aromatic carbocycles. The molecule has 1 aromatic rings. The molecule has 0 bridgehead atoms. The van der Waals surface area contributed by atoms with Gasteiger partial charge in [-0.3, -0.25) is 14.4 Å². The minimum atomic E-state index is -0.302. The van der Waals surface area contributed by atoms with Crippen molar-refractivity contribution >= 4 is 11.8 Å². The molecule has 27 heavy (non-hydrogen) atoms. The van der Waals surface area contributed by atoms with Crippen LogP contribution >= 0.6 is 0 Å². The van der Waals surface area contributed by atoms with Crippen LogP contribution in [0.2, 0.25) is 0 Å². The second-order valence-electron chi connectivity index (χ2n) is 8.89. The third-order valence-electron chi connectivity index (χ3n) is 6.42. The maximum Gasteiger partial charge on any atom is 0.261 e. The Bertz CT molecular complexity index is 811. The summed E-state index contributed by atoms with van der Waals surface area (Å²) >= 11 is 0. The van der Waals surface area contributed by atoms with Gasteiger partial charge in [-0.15, -0.1) is 0 Å². The van der Waals surface area contributed by atoms with Gasteiger partial charge in [0.05, 0.1) is 0 Å². The van der Waals surface area contributed by atoms with E-state index in [-0.39, 0.29) is 34.3 Å². The van der Waals surface area contributed by atoms with Gasteiger partial charge in [0.25, 0.3) is 11.5 Å². The molecule has 1 spiro atoms. The van der Waals surface area contributed by atoms with Gasteiger partial charge in [-0.2, -0.15) is 0 Å². The first-order chi connectivity index (χ1) is 12.9. The van der Waals surface area contributed by atoms with Crippen LogP contribution in [0.1, 0.15) is 74.3 Å². The molecule has 4 rings (SSSR count). The lowest BCUT2D eigenvalue weighted by molar-refractivity contribution is -0.139. The molecule has 2 aliphatic heterocycles. The van der Waals surface area contributed by atoms with Crippen molar-refractivity contribution < 1.29 is 9.59 Å². The van der Waals surface area contributed by atoms with Crippen molar-refractivity contribution in [1.29, 1.82) is 0 Å². The molecular formula is C21H29N3O3. The number of H-pyrrole nitrogens is 1. The molecule has 1 N–H and O–H groups in total. The van der Waals surface area contributed by atoms with Crippen molar-refractivity contribution in [2.24, 2.45) is 5.41 Å². The van der Waals surface area contributed by atoms with E-state index < -0.39 is 0 Å². The maximum absolute atomic E-state index is 13.0. The average Bonchev–Trinajstić information content (AvgIpc) is 3.48. The molecule has 1 aromatic heterocycles. The number of nitrogens with zero attached hydrogens (tertiary/aromatic N) is 2.